The first-order valence-corrected chi connectivity index (χ1v) is 8.54. The molecule has 132 valence electrons. The third kappa shape index (κ3) is 6.48. The quantitative estimate of drug-likeness (QED) is 0.423. The van der Waals surface area contributed by atoms with Crippen LogP contribution in [-0.4, -0.2) is 64.3 Å². The molecule has 1 fully saturated rings. The van der Waals surface area contributed by atoms with Crippen molar-refractivity contribution in [1.29, 1.82) is 0 Å². The molecule has 0 radical (unpaired) electrons. The maximum absolute atomic E-state index is 9.80. The molecule has 4 N–H and O–H groups in total. The van der Waals surface area contributed by atoms with Crippen LogP contribution in [0.1, 0.15) is 58.3 Å². The van der Waals surface area contributed by atoms with E-state index in [-0.39, 0.29) is 0 Å². The van der Waals surface area contributed by atoms with E-state index in [1.165, 1.54) is 38.5 Å². The van der Waals surface area contributed by atoms with Crippen LogP contribution in [0.3, 0.4) is 0 Å². The topological polar surface area (TPSA) is 99.4 Å². The molecule has 6 heteroatoms. The van der Waals surface area contributed by atoms with Crippen LogP contribution in [0.4, 0.5) is 0 Å². The minimum Gasteiger partial charge on any atom is -0.394 e. The molecule has 5 atom stereocenters. The molecular weight excluding hydrogens is 288 g/mol. The molecule has 0 aromatic heterocycles. The number of aliphatic hydroxyl groups excluding tert-OH is 4. The lowest BCUT2D eigenvalue weighted by molar-refractivity contribution is -0.301. The molecule has 0 aliphatic carbocycles. The van der Waals surface area contributed by atoms with Gasteiger partial charge in [0.25, 0.3) is 0 Å². The van der Waals surface area contributed by atoms with E-state index in [2.05, 4.69) is 6.92 Å². The lowest BCUT2D eigenvalue weighted by Crippen LogP contribution is -2.59. The van der Waals surface area contributed by atoms with Crippen molar-refractivity contribution in [2.75, 3.05) is 13.2 Å². The monoisotopic (exact) mass is 320 g/mol. The molecule has 6 nitrogen and oxygen atoms in total. The van der Waals surface area contributed by atoms with Gasteiger partial charge in [-0.2, -0.15) is 0 Å². The van der Waals surface area contributed by atoms with Crippen molar-refractivity contribution in [1.82, 2.24) is 0 Å². The van der Waals surface area contributed by atoms with Gasteiger partial charge in [-0.05, 0) is 6.42 Å². The number of aliphatic hydroxyl groups is 4. The van der Waals surface area contributed by atoms with Gasteiger partial charge >= 0.3 is 0 Å². The standard InChI is InChI=1S/C16H32O6/c1-2-3-4-5-6-7-8-9-10-21-16-15(20)14(19)13(18)12(11-17)22-16/h12-20H,2-11H2,1H3/t12-,13-,14+,15+,16-/m1/s1. The smallest absolute Gasteiger partial charge is 0.186 e. The van der Waals surface area contributed by atoms with Crippen molar-refractivity contribution in [3.8, 4) is 0 Å². The predicted molar refractivity (Wildman–Crippen MR) is 82.3 cm³/mol. The van der Waals surface area contributed by atoms with E-state index in [1.807, 2.05) is 0 Å². The predicted octanol–water partition coefficient (Wildman–Crippen LogP) is 0.944. The molecule has 1 saturated heterocycles. The molecule has 0 aromatic carbocycles. The van der Waals surface area contributed by atoms with Gasteiger partial charge in [0.1, 0.15) is 24.4 Å². The molecule has 0 spiro atoms. The third-order valence-corrected chi connectivity index (χ3v) is 4.13. The second kappa shape index (κ2) is 11.3. The van der Waals surface area contributed by atoms with E-state index in [1.54, 1.807) is 0 Å². The van der Waals surface area contributed by atoms with Gasteiger partial charge in [-0.1, -0.05) is 51.9 Å². The van der Waals surface area contributed by atoms with Gasteiger partial charge in [-0.3, -0.25) is 0 Å². The largest absolute Gasteiger partial charge is 0.394 e. The van der Waals surface area contributed by atoms with Crippen molar-refractivity contribution in [3.63, 3.8) is 0 Å². The fourth-order valence-electron chi connectivity index (χ4n) is 2.64. The molecule has 1 aliphatic rings. The first kappa shape index (κ1) is 19.8. The highest BCUT2D eigenvalue weighted by atomic mass is 16.7. The van der Waals surface area contributed by atoms with Gasteiger partial charge in [-0.25, -0.2) is 0 Å². The molecule has 1 aliphatic heterocycles. The lowest BCUT2D eigenvalue weighted by atomic mass is 9.99. The average molecular weight is 320 g/mol. The summed E-state index contributed by atoms with van der Waals surface area (Å²) in [5.74, 6) is 0. The van der Waals surface area contributed by atoms with Crippen LogP contribution in [0.2, 0.25) is 0 Å². The van der Waals surface area contributed by atoms with Gasteiger partial charge in [0.15, 0.2) is 6.29 Å². The summed E-state index contributed by atoms with van der Waals surface area (Å²) < 4.78 is 10.7. The highest BCUT2D eigenvalue weighted by molar-refractivity contribution is 4.88. The number of rotatable bonds is 11. The Bertz CT molecular complexity index is 273. The van der Waals surface area contributed by atoms with E-state index >= 15 is 0 Å². The number of ether oxygens (including phenoxy) is 2. The minimum absolute atomic E-state index is 0.428. The summed E-state index contributed by atoms with van der Waals surface area (Å²) in [5, 5.41) is 38.2. The van der Waals surface area contributed by atoms with E-state index < -0.39 is 37.3 Å². The van der Waals surface area contributed by atoms with Crippen LogP contribution in [0.5, 0.6) is 0 Å². The molecule has 0 saturated carbocycles. The SMILES string of the molecule is CCCCCCCCCCO[C@@H]1O[C@H](CO)[C@@H](O)[C@H](O)[C@@H]1O. The van der Waals surface area contributed by atoms with Gasteiger partial charge < -0.3 is 29.9 Å². The van der Waals surface area contributed by atoms with Crippen molar-refractivity contribution in [2.45, 2.75) is 89.0 Å². The molecular formula is C16H32O6. The van der Waals surface area contributed by atoms with E-state index in [0.717, 1.165) is 12.8 Å². The number of unbranched alkanes of at least 4 members (excludes halogenated alkanes) is 7. The Kier molecular flexibility index (Phi) is 10.2. The third-order valence-electron chi connectivity index (χ3n) is 4.13. The zero-order chi connectivity index (χ0) is 16.4. The number of hydrogen-bond acceptors (Lipinski definition) is 6. The van der Waals surface area contributed by atoms with Gasteiger partial charge in [0, 0.05) is 6.61 Å². The van der Waals surface area contributed by atoms with Gasteiger partial charge in [0.05, 0.1) is 6.61 Å². The van der Waals surface area contributed by atoms with Crippen LogP contribution in [0.15, 0.2) is 0 Å². The summed E-state index contributed by atoms with van der Waals surface area (Å²) in [6.45, 7) is 2.20. The Labute approximate surface area is 133 Å². The second-order valence-corrected chi connectivity index (χ2v) is 6.04. The van der Waals surface area contributed by atoms with Crippen LogP contribution >= 0.6 is 0 Å². The summed E-state index contributed by atoms with van der Waals surface area (Å²) in [7, 11) is 0. The summed E-state index contributed by atoms with van der Waals surface area (Å²) in [6, 6.07) is 0. The highest BCUT2D eigenvalue weighted by Crippen LogP contribution is 2.22. The molecule has 1 heterocycles. The molecule has 22 heavy (non-hydrogen) atoms. The maximum Gasteiger partial charge on any atom is 0.186 e. The highest BCUT2D eigenvalue weighted by Gasteiger charge is 2.43. The minimum atomic E-state index is -1.37. The van der Waals surface area contributed by atoms with Crippen LogP contribution in [0, 0.1) is 0 Å². The Morgan fingerprint density at radius 1 is 0.818 bits per heavy atom. The first-order valence-electron chi connectivity index (χ1n) is 8.54. The Morgan fingerprint density at radius 2 is 1.41 bits per heavy atom. The fourth-order valence-corrected chi connectivity index (χ4v) is 2.64. The molecule has 0 aromatic rings. The normalized spacial score (nSPS) is 32.3. The van der Waals surface area contributed by atoms with E-state index in [4.69, 9.17) is 14.6 Å². The van der Waals surface area contributed by atoms with E-state index in [0.29, 0.717) is 6.61 Å². The molecule has 0 amide bonds. The van der Waals surface area contributed by atoms with Gasteiger partial charge in [-0.15, -0.1) is 0 Å². The van der Waals surface area contributed by atoms with E-state index in [9.17, 15) is 15.3 Å². The van der Waals surface area contributed by atoms with Crippen molar-refractivity contribution in [2.24, 2.45) is 0 Å². The second-order valence-electron chi connectivity index (χ2n) is 6.04. The first-order chi connectivity index (χ1) is 10.6. The molecule has 0 unspecified atom stereocenters. The zero-order valence-corrected chi connectivity index (χ0v) is 13.6. The Hall–Kier alpha value is -0.240. The maximum atomic E-state index is 9.80. The Morgan fingerprint density at radius 3 is 2.00 bits per heavy atom. The summed E-state index contributed by atoms with van der Waals surface area (Å²) in [6.07, 6.45) is 3.58. The van der Waals surface area contributed by atoms with Crippen LogP contribution in [-0.2, 0) is 9.47 Å². The zero-order valence-electron chi connectivity index (χ0n) is 13.6. The van der Waals surface area contributed by atoms with Crippen molar-refractivity contribution < 1.29 is 29.9 Å². The summed E-state index contributed by atoms with van der Waals surface area (Å²) >= 11 is 0. The van der Waals surface area contributed by atoms with Crippen molar-refractivity contribution >= 4 is 0 Å². The average Bonchev–Trinajstić information content (AvgIpc) is 2.53. The fraction of sp³-hybridized carbons (Fsp3) is 1.00. The van der Waals surface area contributed by atoms with Crippen molar-refractivity contribution in [3.05, 3.63) is 0 Å². The van der Waals surface area contributed by atoms with Crippen LogP contribution in [0.25, 0.3) is 0 Å². The summed E-state index contributed by atoms with van der Waals surface area (Å²) in [4.78, 5) is 0. The van der Waals surface area contributed by atoms with Crippen LogP contribution < -0.4 is 0 Å². The summed E-state index contributed by atoms with van der Waals surface area (Å²) in [5.41, 5.74) is 0. The lowest BCUT2D eigenvalue weighted by Gasteiger charge is -2.39. The molecule has 1 rings (SSSR count). The Balaban J connectivity index is 2.11. The molecule has 0 bridgehead atoms. The number of hydrogen-bond donors (Lipinski definition) is 4. The van der Waals surface area contributed by atoms with Gasteiger partial charge in [0.2, 0.25) is 0 Å².